The maximum absolute atomic E-state index is 12.0. The molecule has 2 N–H and O–H groups in total. The largest absolute Gasteiger partial charge is 0.339 e. The van der Waals surface area contributed by atoms with Crippen molar-refractivity contribution in [3.63, 3.8) is 0 Å². The Morgan fingerprint density at radius 3 is 2.50 bits per heavy atom. The minimum atomic E-state index is 0.00866. The van der Waals surface area contributed by atoms with Gasteiger partial charge in [0, 0.05) is 25.0 Å². The molecule has 0 aliphatic heterocycles. The number of nitrogens with two attached hydrogens (primary N) is 1. The van der Waals surface area contributed by atoms with Crippen LogP contribution in [0.4, 0.5) is 0 Å². The van der Waals surface area contributed by atoms with Gasteiger partial charge in [0.15, 0.2) is 0 Å². The lowest BCUT2D eigenvalue weighted by Gasteiger charge is -2.25. The van der Waals surface area contributed by atoms with Gasteiger partial charge in [0.05, 0.1) is 0 Å². The third-order valence-electron chi connectivity index (χ3n) is 3.20. The lowest BCUT2D eigenvalue weighted by Crippen LogP contribution is -2.40. The van der Waals surface area contributed by atoms with E-state index >= 15 is 0 Å². The van der Waals surface area contributed by atoms with Crippen molar-refractivity contribution in [2.75, 3.05) is 13.1 Å². The number of nitrogens with zero attached hydrogens (tertiary/aromatic N) is 1. The van der Waals surface area contributed by atoms with Crippen molar-refractivity contribution < 1.29 is 4.79 Å². The highest BCUT2D eigenvalue weighted by Gasteiger charge is 2.37. The molecule has 0 aromatic rings. The van der Waals surface area contributed by atoms with Crippen LogP contribution in [0.1, 0.15) is 32.6 Å². The van der Waals surface area contributed by atoms with E-state index in [2.05, 4.69) is 4.90 Å². The zero-order chi connectivity index (χ0) is 10.1. The summed E-state index contributed by atoms with van der Waals surface area (Å²) in [4.78, 5) is 14.1. The number of hydrogen-bond acceptors (Lipinski definition) is 2. The standard InChI is InChI=1S/C11H20N2O/c1-8(6-12)11(14)13(10-4-5-10)7-9-2-3-9/h8-10H,2-7,12H2,1H3. The summed E-state index contributed by atoms with van der Waals surface area (Å²) in [5, 5.41) is 0. The van der Waals surface area contributed by atoms with Gasteiger partial charge < -0.3 is 10.6 Å². The third kappa shape index (κ3) is 2.27. The first-order valence-electron chi connectivity index (χ1n) is 5.73. The first kappa shape index (κ1) is 9.97. The first-order valence-corrected chi connectivity index (χ1v) is 5.73. The fraction of sp³-hybridized carbons (Fsp3) is 0.909. The summed E-state index contributed by atoms with van der Waals surface area (Å²) in [6.45, 7) is 3.41. The van der Waals surface area contributed by atoms with E-state index in [1.165, 1.54) is 25.7 Å². The van der Waals surface area contributed by atoms with Gasteiger partial charge in [-0.25, -0.2) is 0 Å². The van der Waals surface area contributed by atoms with Gasteiger partial charge in [0.2, 0.25) is 5.91 Å². The lowest BCUT2D eigenvalue weighted by atomic mass is 10.1. The molecule has 3 nitrogen and oxygen atoms in total. The summed E-state index contributed by atoms with van der Waals surface area (Å²) in [5.41, 5.74) is 5.53. The summed E-state index contributed by atoms with van der Waals surface area (Å²) >= 11 is 0. The van der Waals surface area contributed by atoms with Crippen LogP contribution in [0.25, 0.3) is 0 Å². The molecule has 1 atom stereocenters. The molecule has 0 heterocycles. The number of amides is 1. The van der Waals surface area contributed by atoms with E-state index in [1.807, 2.05) is 6.92 Å². The molecular formula is C11H20N2O. The molecule has 14 heavy (non-hydrogen) atoms. The number of carbonyl (C=O) groups is 1. The summed E-state index contributed by atoms with van der Waals surface area (Å²) in [6, 6.07) is 0.553. The van der Waals surface area contributed by atoms with E-state index in [4.69, 9.17) is 5.73 Å². The average molecular weight is 196 g/mol. The highest BCUT2D eigenvalue weighted by molar-refractivity contribution is 5.79. The van der Waals surface area contributed by atoms with Gasteiger partial charge in [0.1, 0.15) is 0 Å². The second-order valence-electron chi connectivity index (χ2n) is 4.80. The van der Waals surface area contributed by atoms with E-state index in [-0.39, 0.29) is 11.8 Å². The van der Waals surface area contributed by atoms with Crippen molar-refractivity contribution in [3.05, 3.63) is 0 Å². The Balaban J connectivity index is 1.90. The second kappa shape index (κ2) is 3.89. The number of rotatable bonds is 5. The summed E-state index contributed by atoms with van der Waals surface area (Å²) in [6.07, 6.45) is 5.03. The monoisotopic (exact) mass is 196 g/mol. The SMILES string of the molecule is CC(CN)C(=O)N(CC1CC1)C1CC1. The molecule has 80 valence electrons. The number of carbonyl (C=O) groups excluding carboxylic acids is 1. The molecule has 1 unspecified atom stereocenters. The van der Waals surface area contributed by atoms with Crippen LogP contribution in [0.15, 0.2) is 0 Å². The van der Waals surface area contributed by atoms with Crippen LogP contribution in [0.2, 0.25) is 0 Å². The van der Waals surface area contributed by atoms with Crippen molar-refractivity contribution in [2.45, 2.75) is 38.6 Å². The Morgan fingerprint density at radius 2 is 2.07 bits per heavy atom. The van der Waals surface area contributed by atoms with Crippen LogP contribution in [-0.2, 0) is 4.79 Å². The second-order valence-corrected chi connectivity index (χ2v) is 4.80. The third-order valence-corrected chi connectivity index (χ3v) is 3.20. The van der Waals surface area contributed by atoms with Crippen LogP contribution in [0.5, 0.6) is 0 Å². The van der Waals surface area contributed by atoms with Crippen molar-refractivity contribution in [1.82, 2.24) is 4.90 Å². The molecule has 0 radical (unpaired) electrons. The smallest absolute Gasteiger partial charge is 0.226 e. The molecule has 2 fully saturated rings. The van der Waals surface area contributed by atoms with Gasteiger partial charge in [-0.05, 0) is 31.6 Å². The zero-order valence-corrected chi connectivity index (χ0v) is 8.91. The Labute approximate surface area is 85.6 Å². The molecule has 0 aromatic heterocycles. The van der Waals surface area contributed by atoms with Crippen LogP contribution in [0, 0.1) is 11.8 Å². The molecule has 0 saturated heterocycles. The molecule has 2 rings (SSSR count). The van der Waals surface area contributed by atoms with Gasteiger partial charge >= 0.3 is 0 Å². The van der Waals surface area contributed by atoms with Gasteiger partial charge in [-0.3, -0.25) is 4.79 Å². The number of hydrogen-bond donors (Lipinski definition) is 1. The quantitative estimate of drug-likeness (QED) is 0.712. The van der Waals surface area contributed by atoms with Gasteiger partial charge in [-0.15, -0.1) is 0 Å². The summed E-state index contributed by atoms with van der Waals surface area (Å²) in [7, 11) is 0. The highest BCUT2D eigenvalue weighted by Crippen LogP contribution is 2.35. The Hall–Kier alpha value is -0.570. The Kier molecular flexibility index (Phi) is 2.77. The fourth-order valence-corrected chi connectivity index (χ4v) is 1.77. The normalized spacial score (nSPS) is 23.3. The van der Waals surface area contributed by atoms with Crippen LogP contribution >= 0.6 is 0 Å². The van der Waals surface area contributed by atoms with E-state index < -0.39 is 0 Å². The minimum absolute atomic E-state index is 0.00866. The molecule has 1 amide bonds. The van der Waals surface area contributed by atoms with Gasteiger partial charge in [-0.2, -0.15) is 0 Å². The first-order chi connectivity index (χ1) is 6.72. The van der Waals surface area contributed by atoms with Crippen molar-refractivity contribution in [2.24, 2.45) is 17.6 Å². The minimum Gasteiger partial charge on any atom is -0.339 e. The van der Waals surface area contributed by atoms with Crippen molar-refractivity contribution in [3.8, 4) is 0 Å². The van der Waals surface area contributed by atoms with E-state index in [0.717, 1.165) is 12.5 Å². The fourth-order valence-electron chi connectivity index (χ4n) is 1.77. The molecular weight excluding hydrogens is 176 g/mol. The van der Waals surface area contributed by atoms with E-state index in [9.17, 15) is 4.79 Å². The predicted molar refractivity (Wildman–Crippen MR) is 55.7 cm³/mol. The predicted octanol–water partition coefficient (Wildman–Crippen LogP) is 0.982. The molecule has 2 aliphatic carbocycles. The van der Waals surface area contributed by atoms with Gasteiger partial charge in [-0.1, -0.05) is 6.92 Å². The van der Waals surface area contributed by atoms with Crippen molar-refractivity contribution >= 4 is 5.91 Å². The van der Waals surface area contributed by atoms with Gasteiger partial charge in [0.25, 0.3) is 0 Å². The van der Waals surface area contributed by atoms with Crippen LogP contribution in [0.3, 0.4) is 0 Å². The van der Waals surface area contributed by atoms with Crippen LogP contribution in [-0.4, -0.2) is 29.9 Å². The molecule has 0 spiro atoms. The highest BCUT2D eigenvalue weighted by atomic mass is 16.2. The lowest BCUT2D eigenvalue weighted by molar-refractivity contribution is -0.135. The maximum Gasteiger partial charge on any atom is 0.226 e. The van der Waals surface area contributed by atoms with E-state index in [0.29, 0.717) is 12.6 Å². The summed E-state index contributed by atoms with van der Waals surface area (Å²) < 4.78 is 0. The molecule has 0 aromatic carbocycles. The molecule has 2 aliphatic rings. The Morgan fingerprint density at radius 1 is 1.43 bits per heavy atom. The Bertz CT molecular complexity index is 221. The zero-order valence-electron chi connectivity index (χ0n) is 8.91. The average Bonchev–Trinajstić information content (AvgIpc) is 3.02. The molecule has 2 saturated carbocycles. The topological polar surface area (TPSA) is 46.3 Å². The summed E-state index contributed by atoms with van der Waals surface area (Å²) in [5.74, 6) is 1.08. The maximum atomic E-state index is 12.0. The van der Waals surface area contributed by atoms with E-state index in [1.54, 1.807) is 0 Å². The van der Waals surface area contributed by atoms with Crippen LogP contribution < -0.4 is 5.73 Å². The molecule has 0 bridgehead atoms. The van der Waals surface area contributed by atoms with Crippen molar-refractivity contribution in [1.29, 1.82) is 0 Å². The molecule has 3 heteroatoms.